The highest BCUT2D eigenvalue weighted by Crippen LogP contribution is 2.35. The lowest BCUT2D eigenvalue weighted by atomic mass is 9.99. The molecule has 2 amide bonds. The van der Waals surface area contributed by atoms with Crippen LogP contribution in [0.2, 0.25) is 0 Å². The summed E-state index contributed by atoms with van der Waals surface area (Å²) in [6.45, 7) is 0. The van der Waals surface area contributed by atoms with E-state index in [2.05, 4.69) is 49.2 Å². The Kier molecular flexibility index (Phi) is 11.2. The van der Waals surface area contributed by atoms with E-state index in [0.717, 1.165) is 8.04 Å². The number of rotatable bonds is 11. The van der Waals surface area contributed by atoms with Gasteiger partial charge in [0, 0.05) is 19.3 Å². The topological polar surface area (TPSA) is 123 Å². The van der Waals surface area contributed by atoms with Gasteiger partial charge in [-0.25, -0.2) is 4.79 Å². The van der Waals surface area contributed by atoms with E-state index < -0.39 is 18.3 Å². The number of para-hydroxylation sites is 3. The van der Waals surface area contributed by atoms with Gasteiger partial charge in [-0.05, 0) is 108 Å². The van der Waals surface area contributed by atoms with Crippen molar-refractivity contribution >= 4 is 67.6 Å². The van der Waals surface area contributed by atoms with Gasteiger partial charge in [0.2, 0.25) is 5.91 Å². The summed E-state index contributed by atoms with van der Waals surface area (Å²) in [5, 5.41) is 16.3. The Morgan fingerprint density at radius 2 is 1.67 bits per heavy atom. The molecular formula is C32H29BrIN3O5. The normalized spacial score (nSPS) is 12.3. The first-order valence-corrected chi connectivity index (χ1v) is 14.9. The lowest BCUT2D eigenvalue weighted by Gasteiger charge is -2.28. The van der Waals surface area contributed by atoms with Gasteiger partial charge in [0.1, 0.15) is 17.6 Å². The number of nitrogens with two attached hydrogens (primary N) is 1. The van der Waals surface area contributed by atoms with Gasteiger partial charge in [0.15, 0.2) is 6.10 Å². The molecule has 0 aliphatic heterocycles. The van der Waals surface area contributed by atoms with Crippen molar-refractivity contribution in [3.05, 3.63) is 123 Å². The van der Waals surface area contributed by atoms with Gasteiger partial charge >= 0.3 is 6.09 Å². The molecule has 0 heterocycles. The zero-order valence-electron chi connectivity index (χ0n) is 22.4. The SMILES string of the molecule is Nc1ccccc1NC(=O)/C=C/CC[C@@H](Oc1ccccc1)[C@H](OC(=O)Nc1ccc(Br)cc1)c1cc(I)ccc1O. The van der Waals surface area contributed by atoms with E-state index in [-0.39, 0.29) is 11.7 Å². The minimum Gasteiger partial charge on any atom is -0.508 e. The number of phenols is 1. The van der Waals surface area contributed by atoms with Crippen LogP contribution in [0.25, 0.3) is 0 Å². The van der Waals surface area contributed by atoms with E-state index in [0.29, 0.717) is 41.2 Å². The summed E-state index contributed by atoms with van der Waals surface area (Å²) in [7, 11) is 0. The lowest BCUT2D eigenvalue weighted by Crippen LogP contribution is -2.31. The number of phenolic OH excluding ortho intramolecular Hbond substituents is 1. The van der Waals surface area contributed by atoms with E-state index in [1.54, 1.807) is 84.9 Å². The monoisotopic (exact) mass is 741 g/mol. The zero-order valence-corrected chi connectivity index (χ0v) is 26.1. The van der Waals surface area contributed by atoms with Crippen LogP contribution in [0.15, 0.2) is 114 Å². The molecular weight excluding hydrogens is 713 g/mol. The van der Waals surface area contributed by atoms with Crippen molar-refractivity contribution in [2.45, 2.75) is 25.0 Å². The van der Waals surface area contributed by atoms with Gasteiger partial charge in [-0.3, -0.25) is 10.1 Å². The number of aromatic hydroxyl groups is 1. The van der Waals surface area contributed by atoms with E-state index in [1.165, 1.54) is 6.08 Å². The highest BCUT2D eigenvalue weighted by atomic mass is 127. The Bertz CT molecular complexity index is 1530. The molecule has 0 aliphatic carbocycles. The number of anilines is 3. The molecule has 8 nitrogen and oxygen atoms in total. The molecule has 0 radical (unpaired) electrons. The first kappa shape index (κ1) is 30.9. The number of nitrogen functional groups attached to an aromatic ring is 1. The van der Waals surface area contributed by atoms with Gasteiger partial charge in [-0.2, -0.15) is 0 Å². The van der Waals surface area contributed by atoms with Crippen molar-refractivity contribution in [3.63, 3.8) is 0 Å². The predicted molar refractivity (Wildman–Crippen MR) is 177 cm³/mol. The van der Waals surface area contributed by atoms with E-state index in [4.69, 9.17) is 15.2 Å². The number of hydrogen-bond acceptors (Lipinski definition) is 6. The van der Waals surface area contributed by atoms with Crippen molar-refractivity contribution in [2.24, 2.45) is 0 Å². The first-order chi connectivity index (χ1) is 20.3. The maximum Gasteiger partial charge on any atom is 0.412 e. The van der Waals surface area contributed by atoms with Gasteiger partial charge in [-0.1, -0.05) is 52.3 Å². The summed E-state index contributed by atoms with van der Waals surface area (Å²) >= 11 is 5.52. The number of allylic oxidation sites excluding steroid dienone is 1. The van der Waals surface area contributed by atoms with Crippen LogP contribution < -0.4 is 21.1 Å². The van der Waals surface area contributed by atoms with Crippen LogP contribution in [0.1, 0.15) is 24.5 Å². The summed E-state index contributed by atoms with van der Waals surface area (Å²) in [4.78, 5) is 25.6. The Morgan fingerprint density at radius 3 is 2.40 bits per heavy atom. The molecule has 0 bridgehead atoms. The molecule has 4 aromatic carbocycles. The molecule has 0 aromatic heterocycles. The van der Waals surface area contributed by atoms with Gasteiger partial charge in [-0.15, -0.1) is 0 Å². The highest BCUT2D eigenvalue weighted by molar-refractivity contribution is 14.1. The Hall–Kier alpha value is -4.03. The van der Waals surface area contributed by atoms with Crippen LogP contribution in [0, 0.1) is 3.57 Å². The number of amides is 2. The molecule has 5 N–H and O–H groups in total. The van der Waals surface area contributed by atoms with E-state index in [9.17, 15) is 14.7 Å². The Morgan fingerprint density at radius 1 is 0.952 bits per heavy atom. The molecule has 4 aromatic rings. The third-order valence-corrected chi connectivity index (χ3v) is 7.29. The number of ether oxygens (including phenoxy) is 2. The number of benzene rings is 4. The molecule has 0 saturated carbocycles. The smallest absolute Gasteiger partial charge is 0.412 e. The fourth-order valence-electron chi connectivity index (χ4n) is 4.07. The van der Waals surface area contributed by atoms with Crippen molar-refractivity contribution in [1.29, 1.82) is 0 Å². The molecule has 0 spiro atoms. The van der Waals surface area contributed by atoms with E-state index >= 15 is 0 Å². The van der Waals surface area contributed by atoms with Crippen LogP contribution in [0.5, 0.6) is 11.5 Å². The third kappa shape index (κ3) is 9.25. The average Bonchev–Trinajstić information content (AvgIpc) is 2.98. The minimum absolute atomic E-state index is 0.0334. The Balaban J connectivity index is 1.56. The van der Waals surface area contributed by atoms with Crippen LogP contribution in [0.4, 0.5) is 21.9 Å². The number of nitrogens with one attached hydrogen (secondary N) is 2. The number of carbonyl (C=O) groups excluding carboxylic acids is 2. The fourth-order valence-corrected chi connectivity index (χ4v) is 4.85. The summed E-state index contributed by atoms with van der Waals surface area (Å²) < 4.78 is 14.0. The van der Waals surface area contributed by atoms with E-state index in [1.807, 2.05) is 18.2 Å². The predicted octanol–water partition coefficient (Wildman–Crippen LogP) is 8.05. The van der Waals surface area contributed by atoms with Crippen molar-refractivity contribution in [2.75, 3.05) is 16.4 Å². The minimum atomic E-state index is -0.985. The molecule has 2 atom stereocenters. The largest absolute Gasteiger partial charge is 0.508 e. The maximum absolute atomic E-state index is 13.1. The highest BCUT2D eigenvalue weighted by Gasteiger charge is 2.31. The molecule has 10 heteroatoms. The second-order valence-electron chi connectivity index (χ2n) is 9.19. The second kappa shape index (κ2) is 15.3. The molecule has 0 aliphatic rings. The third-order valence-electron chi connectivity index (χ3n) is 6.09. The lowest BCUT2D eigenvalue weighted by molar-refractivity contribution is -0.111. The molecule has 0 saturated heterocycles. The fraction of sp³-hybridized carbons (Fsp3) is 0.125. The standard InChI is InChI=1S/C32H29BrIN3O5/c33-21-14-17-23(18-15-21)36-32(40)42-31(25-20-22(34)16-19-28(25)38)29(41-24-8-2-1-3-9-24)12-6-7-13-30(39)37-27-11-5-4-10-26(27)35/h1-5,7-11,13-20,29,31,38H,6,12,35H2,(H,36,40)(H,37,39)/b13-7+/t29-,31-/m1/s1. The average molecular weight is 742 g/mol. The number of halogens is 2. The quantitative estimate of drug-likeness (QED) is 0.0701. The summed E-state index contributed by atoms with van der Waals surface area (Å²) in [6, 6.07) is 28.3. The molecule has 0 fully saturated rings. The van der Waals surface area contributed by atoms with Crippen LogP contribution >= 0.6 is 38.5 Å². The summed E-state index contributed by atoms with van der Waals surface area (Å²) in [5.74, 6) is 0.204. The van der Waals surface area contributed by atoms with Crippen molar-refractivity contribution < 1.29 is 24.2 Å². The van der Waals surface area contributed by atoms with Gasteiger partial charge in [0.25, 0.3) is 0 Å². The van der Waals surface area contributed by atoms with Crippen molar-refractivity contribution in [1.82, 2.24) is 0 Å². The number of carbonyl (C=O) groups is 2. The van der Waals surface area contributed by atoms with Crippen LogP contribution in [0.3, 0.4) is 0 Å². The summed E-state index contributed by atoms with van der Waals surface area (Å²) in [5.41, 5.74) is 7.85. The Labute approximate surface area is 266 Å². The molecule has 42 heavy (non-hydrogen) atoms. The first-order valence-electron chi connectivity index (χ1n) is 13.0. The second-order valence-corrected chi connectivity index (χ2v) is 11.3. The van der Waals surface area contributed by atoms with Crippen LogP contribution in [-0.4, -0.2) is 23.2 Å². The maximum atomic E-state index is 13.1. The molecule has 0 unspecified atom stereocenters. The molecule has 216 valence electrons. The number of hydrogen-bond donors (Lipinski definition) is 4. The van der Waals surface area contributed by atoms with Gasteiger partial charge in [0.05, 0.1) is 11.4 Å². The van der Waals surface area contributed by atoms with Gasteiger partial charge < -0.3 is 25.6 Å². The molecule has 4 rings (SSSR count). The summed E-state index contributed by atoms with van der Waals surface area (Å²) in [6.07, 6.45) is 1.49. The van der Waals surface area contributed by atoms with Crippen LogP contribution in [-0.2, 0) is 9.53 Å². The van der Waals surface area contributed by atoms with Crippen molar-refractivity contribution in [3.8, 4) is 11.5 Å². The zero-order chi connectivity index (χ0) is 29.9.